The molecule has 2 aromatic rings. The van der Waals surface area contributed by atoms with E-state index >= 15 is 0 Å². The Balaban J connectivity index is 1.73. The summed E-state index contributed by atoms with van der Waals surface area (Å²) in [6, 6.07) is 0. The second-order valence-electron chi connectivity index (χ2n) is 6.45. The van der Waals surface area contributed by atoms with Crippen molar-refractivity contribution < 1.29 is 4.74 Å². The molecule has 0 aromatic carbocycles. The number of aromatic nitrogens is 2. The van der Waals surface area contributed by atoms with Gasteiger partial charge in [0.1, 0.15) is 17.0 Å². The Morgan fingerprint density at radius 1 is 1.41 bits per heavy atom. The average molecular weight is 319 g/mol. The minimum atomic E-state index is 0.302. The summed E-state index contributed by atoms with van der Waals surface area (Å²) in [6.07, 6.45) is 6.60. The summed E-state index contributed by atoms with van der Waals surface area (Å²) in [5.41, 5.74) is 1.49. The minimum Gasteiger partial charge on any atom is -0.379 e. The fraction of sp³-hybridized carbons (Fsp3) is 0.647. The van der Waals surface area contributed by atoms with Gasteiger partial charge >= 0.3 is 0 Å². The number of nitrogens with one attached hydrogen (secondary N) is 1. The second-order valence-corrected chi connectivity index (χ2v) is 7.54. The summed E-state index contributed by atoms with van der Waals surface area (Å²) in [7, 11) is 0. The van der Waals surface area contributed by atoms with Crippen molar-refractivity contribution in [3.8, 4) is 0 Å². The standard InChI is InChI=1S/C17H25N3OS/c1-11(2)21-8-4-7-18-16-15-13-6-5-12(3)9-14(13)22-17(15)20-10-19-16/h10-12H,4-9H2,1-3H3,(H,18,19,20)/t12-/m1/s1. The number of hydrogen-bond acceptors (Lipinski definition) is 5. The Morgan fingerprint density at radius 3 is 3.09 bits per heavy atom. The summed E-state index contributed by atoms with van der Waals surface area (Å²) in [4.78, 5) is 11.6. The van der Waals surface area contributed by atoms with Crippen molar-refractivity contribution >= 4 is 27.4 Å². The molecular weight excluding hydrogens is 294 g/mol. The molecule has 3 rings (SSSR count). The van der Waals surface area contributed by atoms with E-state index in [1.54, 1.807) is 6.33 Å². The smallest absolute Gasteiger partial charge is 0.138 e. The zero-order chi connectivity index (χ0) is 15.5. The van der Waals surface area contributed by atoms with Gasteiger partial charge in [0.05, 0.1) is 11.5 Å². The van der Waals surface area contributed by atoms with Crippen LogP contribution in [0.4, 0.5) is 5.82 Å². The highest BCUT2D eigenvalue weighted by Gasteiger charge is 2.22. The molecule has 4 nitrogen and oxygen atoms in total. The number of nitrogens with zero attached hydrogens (tertiary/aromatic N) is 2. The number of fused-ring (bicyclic) bond motifs is 3. The average Bonchev–Trinajstić information content (AvgIpc) is 2.84. The van der Waals surface area contributed by atoms with Crippen LogP contribution < -0.4 is 5.32 Å². The lowest BCUT2D eigenvalue weighted by Gasteiger charge is -2.18. The molecule has 2 heterocycles. The van der Waals surface area contributed by atoms with E-state index in [9.17, 15) is 0 Å². The van der Waals surface area contributed by atoms with Crippen molar-refractivity contribution in [2.75, 3.05) is 18.5 Å². The zero-order valence-corrected chi connectivity index (χ0v) is 14.5. The van der Waals surface area contributed by atoms with Crippen molar-refractivity contribution in [2.45, 2.75) is 52.6 Å². The molecule has 1 atom stereocenters. The Hall–Kier alpha value is -1.20. The highest BCUT2D eigenvalue weighted by molar-refractivity contribution is 7.19. The van der Waals surface area contributed by atoms with Gasteiger partial charge in [-0.3, -0.25) is 0 Å². The van der Waals surface area contributed by atoms with Gasteiger partial charge in [-0.15, -0.1) is 11.3 Å². The Bertz CT molecular complexity index is 638. The summed E-state index contributed by atoms with van der Waals surface area (Å²) >= 11 is 1.85. The largest absolute Gasteiger partial charge is 0.379 e. The lowest BCUT2D eigenvalue weighted by atomic mass is 9.89. The molecule has 0 aliphatic heterocycles. The van der Waals surface area contributed by atoms with Gasteiger partial charge in [0, 0.05) is 18.0 Å². The lowest BCUT2D eigenvalue weighted by molar-refractivity contribution is 0.0787. The van der Waals surface area contributed by atoms with Crippen LogP contribution >= 0.6 is 11.3 Å². The SMILES string of the molecule is CC(C)OCCCNc1ncnc2sc3c(c12)CC[C@@H](C)C3. The number of anilines is 1. The van der Waals surface area contributed by atoms with E-state index < -0.39 is 0 Å². The third-order valence-electron chi connectivity index (χ3n) is 4.16. The van der Waals surface area contributed by atoms with Gasteiger partial charge < -0.3 is 10.1 Å². The molecule has 1 aliphatic carbocycles. The second kappa shape index (κ2) is 6.92. The third-order valence-corrected chi connectivity index (χ3v) is 5.32. The van der Waals surface area contributed by atoms with Gasteiger partial charge in [0.25, 0.3) is 0 Å². The normalized spacial score (nSPS) is 17.9. The summed E-state index contributed by atoms with van der Waals surface area (Å²) in [5.74, 6) is 1.79. The van der Waals surface area contributed by atoms with Gasteiger partial charge in [0.15, 0.2) is 0 Å². The van der Waals surface area contributed by atoms with Crippen LogP contribution in [0, 0.1) is 5.92 Å². The van der Waals surface area contributed by atoms with E-state index in [2.05, 4.69) is 36.1 Å². The first-order valence-electron chi connectivity index (χ1n) is 8.26. The van der Waals surface area contributed by atoms with Gasteiger partial charge in [-0.05, 0) is 51.0 Å². The highest BCUT2D eigenvalue weighted by Crippen LogP contribution is 2.39. The molecular formula is C17H25N3OS. The molecule has 0 unspecified atom stereocenters. The molecule has 0 radical (unpaired) electrons. The first-order valence-corrected chi connectivity index (χ1v) is 9.07. The third kappa shape index (κ3) is 3.41. The van der Waals surface area contributed by atoms with Gasteiger partial charge in [0.2, 0.25) is 0 Å². The van der Waals surface area contributed by atoms with Crippen LogP contribution in [0.1, 0.15) is 44.1 Å². The van der Waals surface area contributed by atoms with E-state index in [0.717, 1.165) is 42.6 Å². The van der Waals surface area contributed by atoms with Crippen LogP contribution in [0.15, 0.2) is 6.33 Å². The molecule has 0 saturated heterocycles. The number of thiophene rings is 1. The molecule has 0 amide bonds. The monoisotopic (exact) mass is 319 g/mol. The Kier molecular flexibility index (Phi) is 4.93. The van der Waals surface area contributed by atoms with E-state index in [0.29, 0.717) is 6.10 Å². The molecule has 1 aliphatic rings. The molecule has 0 saturated carbocycles. The van der Waals surface area contributed by atoms with Crippen molar-refractivity contribution in [2.24, 2.45) is 5.92 Å². The van der Waals surface area contributed by atoms with Crippen LogP contribution in [0.2, 0.25) is 0 Å². The van der Waals surface area contributed by atoms with Crippen molar-refractivity contribution in [3.05, 3.63) is 16.8 Å². The molecule has 120 valence electrons. The number of ether oxygens (including phenoxy) is 1. The van der Waals surface area contributed by atoms with Gasteiger partial charge in [-0.2, -0.15) is 0 Å². The van der Waals surface area contributed by atoms with E-state index in [1.165, 1.54) is 28.7 Å². The first kappa shape index (κ1) is 15.7. The Labute approximate surface area is 136 Å². The summed E-state index contributed by atoms with van der Waals surface area (Å²) in [5, 5.41) is 4.75. The lowest BCUT2D eigenvalue weighted by Crippen LogP contribution is -2.11. The maximum Gasteiger partial charge on any atom is 0.138 e. The summed E-state index contributed by atoms with van der Waals surface area (Å²) in [6.45, 7) is 8.16. The molecule has 2 aromatic heterocycles. The molecule has 0 fully saturated rings. The molecule has 0 spiro atoms. The van der Waals surface area contributed by atoms with Crippen LogP contribution in [0.5, 0.6) is 0 Å². The van der Waals surface area contributed by atoms with Crippen molar-refractivity contribution in [1.82, 2.24) is 9.97 Å². The summed E-state index contributed by atoms with van der Waals surface area (Å²) < 4.78 is 5.58. The zero-order valence-electron chi connectivity index (χ0n) is 13.7. The van der Waals surface area contributed by atoms with Crippen LogP contribution in [-0.2, 0) is 17.6 Å². The maximum atomic E-state index is 5.58. The Morgan fingerprint density at radius 2 is 2.27 bits per heavy atom. The van der Waals surface area contributed by atoms with E-state index in [4.69, 9.17) is 4.74 Å². The fourth-order valence-corrected chi connectivity index (χ4v) is 4.36. The number of hydrogen-bond donors (Lipinski definition) is 1. The molecule has 5 heteroatoms. The minimum absolute atomic E-state index is 0.302. The van der Waals surface area contributed by atoms with Crippen LogP contribution in [0.25, 0.3) is 10.2 Å². The van der Waals surface area contributed by atoms with E-state index in [1.807, 2.05) is 11.3 Å². The molecule has 22 heavy (non-hydrogen) atoms. The number of rotatable bonds is 6. The molecule has 0 bridgehead atoms. The predicted octanol–water partition coefficient (Wildman–Crippen LogP) is 4.04. The first-order chi connectivity index (χ1) is 10.6. The highest BCUT2D eigenvalue weighted by atomic mass is 32.1. The van der Waals surface area contributed by atoms with Crippen LogP contribution in [-0.4, -0.2) is 29.2 Å². The maximum absolute atomic E-state index is 5.58. The van der Waals surface area contributed by atoms with Crippen molar-refractivity contribution in [1.29, 1.82) is 0 Å². The van der Waals surface area contributed by atoms with E-state index in [-0.39, 0.29) is 0 Å². The fourth-order valence-electron chi connectivity index (χ4n) is 3.01. The van der Waals surface area contributed by atoms with Gasteiger partial charge in [-0.25, -0.2) is 9.97 Å². The van der Waals surface area contributed by atoms with Gasteiger partial charge in [-0.1, -0.05) is 6.92 Å². The number of aryl methyl sites for hydroxylation is 1. The topological polar surface area (TPSA) is 47.0 Å². The predicted molar refractivity (Wildman–Crippen MR) is 92.8 cm³/mol. The quantitative estimate of drug-likeness (QED) is 0.816. The van der Waals surface area contributed by atoms with Crippen molar-refractivity contribution in [3.63, 3.8) is 0 Å². The van der Waals surface area contributed by atoms with Crippen LogP contribution in [0.3, 0.4) is 0 Å². The molecule has 1 N–H and O–H groups in total.